The molecule has 0 amide bonds. The van der Waals surface area contributed by atoms with Crippen LogP contribution in [0, 0.1) is 28.1 Å². The predicted molar refractivity (Wildman–Crippen MR) is 85.0 cm³/mol. The average Bonchev–Trinajstić information content (AvgIpc) is 2.21. The van der Waals surface area contributed by atoms with Crippen LogP contribution < -0.4 is 11.3 Å². The van der Waals surface area contributed by atoms with Gasteiger partial charge in [-0.1, -0.05) is 27.7 Å². The minimum Gasteiger partial charge on any atom is -0.271 e. The van der Waals surface area contributed by atoms with E-state index in [2.05, 4.69) is 33.1 Å². The fourth-order valence-corrected chi connectivity index (χ4v) is 7.21. The van der Waals surface area contributed by atoms with Crippen molar-refractivity contribution in [2.75, 3.05) is 0 Å². The van der Waals surface area contributed by atoms with E-state index in [4.69, 9.17) is 5.84 Å². The van der Waals surface area contributed by atoms with Crippen molar-refractivity contribution in [2.45, 2.75) is 85.1 Å². The monoisotopic (exact) mass is 278 g/mol. The molecule has 3 unspecified atom stereocenters. The van der Waals surface area contributed by atoms with Crippen LogP contribution in [-0.2, 0) is 0 Å². The summed E-state index contributed by atoms with van der Waals surface area (Å²) in [4.78, 5) is 0. The molecule has 2 heteroatoms. The van der Waals surface area contributed by atoms with Crippen molar-refractivity contribution in [2.24, 2.45) is 33.9 Å². The Kier molecular flexibility index (Phi) is 3.49. The number of hydrogen-bond donors (Lipinski definition) is 2. The Balaban J connectivity index is 1.78. The maximum Gasteiger partial charge on any atom is 0.0218 e. The van der Waals surface area contributed by atoms with Crippen molar-refractivity contribution in [3.63, 3.8) is 0 Å². The molecule has 4 aliphatic carbocycles. The molecule has 0 spiro atoms. The van der Waals surface area contributed by atoms with Crippen LogP contribution in [0.2, 0.25) is 0 Å². The first-order chi connectivity index (χ1) is 9.26. The minimum absolute atomic E-state index is 0.512. The highest BCUT2D eigenvalue weighted by molar-refractivity contribution is 5.10. The molecule has 4 fully saturated rings. The molecule has 4 rings (SSSR count). The predicted octanol–water partition coefficient (Wildman–Crippen LogP) is 4.25. The van der Waals surface area contributed by atoms with E-state index < -0.39 is 0 Å². The summed E-state index contributed by atoms with van der Waals surface area (Å²) in [6.07, 6.45) is 11.4. The summed E-state index contributed by atoms with van der Waals surface area (Å²) < 4.78 is 0. The first-order valence-corrected chi connectivity index (χ1v) is 8.72. The molecular formula is C18H34N2. The van der Waals surface area contributed by atoms with Crippen molar-refractivity contribution in [3.8, 4) is 0 Å². The van der Waals surface area contributed by atoms with E-state index in [1.807, 2.05) is 0 Å². The highest BCUT2D eigenvalue weighted by atomic mass is 15.2. The van der Waals surface area contributed by atoms with Crippen molar-refractivity contribution in [1.29, 1.82) is 0 Å². The highest BCUT2D eigenvalue weighted by Crippen LogP contribution is 2.70. The number of nitrogens with one attached hydrogen (secondary N) is 1. The molecular weight excluding hydrogens is 244 g/mol. The minimum atomic E-state index is 0.512. The summed E-state index contributed by atoms with van der Waals surface area (Å²) in [5, 5.41) is 0. The summed E-state index contributed by atoms with van der Waals surface area (Å²) in [5.41, 5.74) is 4.99. The summed E-state index contributed by atoms with van der Waals surface area (Å²) in [6, 6.07) is 0.512. The summed E-state index contributed by atoms with van der Waals surface area (Å²) >= 11 is 0. The number of hydrazine groups is 1. The van der Waals surface area contributed by atoms with Crippen molar-refractivity contribution < 1.29 is 0 Å². The molecule has 0 saturated heterocycles. The van der Waals surface area contributed by atoms with Crippen molar-refractivity contribution >= 4 is 0 Å². The van der Waals surface area contributed by atoms with Crippen molar-refractivity contribution in [3.05, 3.63) is 0 Å². The molecule has 4 saturated carbocycles. The SMILES string of the molecule is CC(C)CC(CC12CC3CC(C)(CC(C)(C3)C1)C2)NN. The molecule has 0 aromatic carbocycles. The van der Waals surface area contributed by atoms with Gasteiger partial charge < -0.3 is 0 Å². The van der Waals surface area contributed by atoms with Crippen LogP contribution in [0.1, 0.15) is 79.1 Å². The molecule has 3 atom stereocenters. The molecule has 0 aromatic rings. The Bertz CT molecular complexity index is 358. The largest absolute Gasteiger partial charge is 0.271 e. The van der Waals surface area contributed by atoms with Gasteiger partial charge in [-0.25, -0.2) is 0 Å². The van der Waals surface area contributed by atoms with Crippen LogP contribution in [0.25, 0.3) is 0 Å². The van der Waals surface area contributed by atoms with Gasteiger partial charge in [0, 0.05) is 6.04 Å². The fraction of sp³-hybridized carbons (Fsp3) is 1.00. The maximum absolute atomic E-state index is 5.87. The second-order valence-electron chi connectivity index (χ2n) is 9.83. The van der Waals surface area contributed by atoms with Crippen molar-refractivity contribution in [1.82, 2.24) is 5.43 Å². The van der Waals surface area contributed by atoms with Gasteiger partial charge in [0.2, 0.25) is 0 Å². The average molecular weight is 278 g/mol. The topological polar surface area (TPSA) is 38.0 Å². The molecule has 0 aromatic heterocycles. The van der Waals surface area contributed by atoms with Crippen LogP contribution in [-0.4, -0.2) is 6.04 Å². The Hall–Kier alpha value is -0.0800. The van der Waals surface area contributed by atoms with E-state index in [-0.39, 0.29) is 0 Å². The van der Waals surface area contributed by atoms with E-state index in [1.54, 1.807) is 0 Å². The number of nitrogens with two attached hydrogens (primary N) is 1. The second-order valence-corrected chi connectivity index (χ2v) is 9.83. The summed E-state index contributed by atoms with van der Waals surface area (Å²) in [6.45, 7) is 9.76. The van der Waals surface area contributed by atoms with E-state index in [0.717, 1.165) is 11.8 Å². The first-order valence-electron chi connectivity index (χ1n) is 8.72. The third kappa shape index (κ3) is 2.66. The standard InChI is InChI=1S/C18H34N2/c1-13(2)5-15(20-19)9-18-8-14-6-16(3,11-18)10-17(4,7-14)12-18/h13-15,20H,5-12,19H2,1-4H3. The smallest absolute Gasteiger partial charge is 0.0218 e. The van der Waals surface area contributed by atoms with Gasteiger partial charge >= 0.3 is 0 Å². The van der Waals surface area contributed by atoms with Gasteiger partial charge in [0.05, 0.1) is 0 Å². The lowest BCUT2D eigenvalue weighted by Gasteiger charge is -2.66. The molecule has 0 radical (unpaired) electrons. The Morgan fingerprint density at radius 1 is 1.05 bits per heavy atom. The molecule has 116 valence electrons. The number of rotatable bonds is 5. The van der Waals surface area contributed by atoms with Crippen LogP contribution in [0.15, 0.2) is 0 Å². The third-order valence-corrected chi connectivity index (χ3v) is 6.41. The third-order valence-electron chi connectivity index (χ3n) is 6.41. The maximum atomic E-state index is 5.87. The zero-order chi connectivity index (χ0) is 14.6. The van der Waals surface area contributed by atoms with Gasteiger partial charge in [0.15, 0.2) is 0 Å². The normalized spacial score (nSPS) is 48.0. The molecule has 2 nitrogen and oxygen atoms in total. The number of hydrogen-bond acceptors (Lipinski definition) is 2. The lowest BCUT2D eigenvalue weighted by Crippen LogP contribution is -2.56. The van der Waals surface area contributed by atoms with E-state index in [9.17, 15) is 0 Å². The summed E-state index contributed by atoms with van der Waals surface area (Å²) in [5.74, 6) is 7.60. The Labute approximate surface area is 125 Å². The Morgan fingerprint density at radius 3 is 2.10 bits per heavy atom. The Morgan fingerprint density at radius 2 is 1.65 bits per heavy atom. The van der Waals surface area contributed by atoms with Gasteiger partial charge in [0.25, 0.3) is 0 Å². The van der Waals surface area contributed by atoms with Gasteiger partial charge in [-0.15, -0.1) is 0 Å². The lowest BCUT2D eigenvalue weighted by molar-refractivity contribution is -0.150. The first kappa shape index (κ1) is 14.8. The van der Waals surface area contributed by atoms with Gasteiger partial charge in [0.1, 0.15) is 0 Å². The zero-order valence-corrected chi connectivity index (χ0v) is 14.0. The van der Waals surface area contributed by atoms with Crippen LogP contribution in [0.5, 0.6) is 0 Å². The van der Waals surface area contributed by atoms with E-state index in [0.29, 0.717) is 22.3 Å². The fourth-order valence-electron chi connectivity index (χ4n) is 7.21. The van der Waals surface area contributed by atoms with Gasteiger partial charge in [-0.05, 0) is 79.4 Å². The molecule has 3 N–H and O–H groups in total. The van der Waals surface area contributed by atoms with E-state index >= 15 is 0 Å². The van der Waals surface area contributed by atoms with Crippen LogP contribution in [0.3, 0.4) is 0 Å². The molecule has 0 heterocycles. The zero-order valence-electron chi connectivity index (χ0n) is 14.0. The van der Waals surface area contributed by atoms with Gasteiger partial charge in [-0.2, -0.15) is 0 Å². The lowest BCUT2D eigenvalue weighted by atomic mass is 9.39. The quantitative estimate of drug-likeness (QED) is 0.583. The molecule has 0 aliphatic heterocycles. The molecule has 4 aliphatic rings. The van der Waals surface area contributed by atoms with E-state index in [1.165, 1.54) is 51.4 Å². The molecule has 20 heavy (non-hydrogen) atoms. The van der Waals surface area contributed by atoms with Crippen LogP contribution >= 0.6 is 0 Å². The van der Waals surface area contributed by atoms with Gasteiger partial charge in [-0.3, -0.25) is 11.3 Å². The van der Waals surface area contributed by atoms with Crippen LogP contribution in [0.4, 0.5) is 0 Å². The second kappa shape index (κ2) is 4.71. The highest BCUT2D eigenvalue weighted by Gasteiger charge is 2.60. The molecule has 4 bridgehead atoms. The summed E-state index contributed by atoms with van der Waals surface area (Å²) in [7, 11) is 0.